The Balaban J connectivity index is 2.01. The van der Waals surface area contributed by atoms with Gasteiger partial charge in [0, 0.05) is 30.8 Å². The number of hydrogen-bond acceptors (Lipinski definition) is 4. The fraction of sp³-hybridized carbons (Fsp3) is 0.412. The molecule has 2 atom stereocenters. The van der Waals surface area contributed by atoms with Gasteiger partial charge in [-0.05, 0) is 19.4 Å². The molecule has 128 valence electrons. The second kappa shape index (κ2) is 6.41. The van der Waals surface area contributed by atoms with Crippen LogP contribution in [-0.4, -0.2) is 43.9 Å². The van der Waals surface area contributed by atoms with Gasteiger partial charge in [-0.15, -0.1) is 0 Å². The van der Waals surface area contributed by atoms with Gasteiger partial charge in [-0.25, -0.2) is 18.4 Å². The molecule has 1 fully saturated rings. The molecule has 1 aliphatic heterocycles. The van der Waals surface area contributed by atoms with E-state index >= 15 is 0 Å². The van der Waals surface area contributed by atoms with Crippen LogP contribution in [0.3, 0.4) is 0 Å². The van der Waals surface area contributed by atoms with Crippen molar-refractivity contribution in [3.63, 3.8) is 0 Å². The standard InChI is InChI=1S/C17H20F2N4O/c1-12-5-6-22(8-12)13(2)17(24,9-23-11-20-10-21-23)15-4-3-14(18)7-16(15)19/h3-4,7,10-11,13,24H,1,5-6,8-9H2,2H3/t13-,17-/m1/s1. The monoisotopic (exact) mass is 334 g/mol. The second-order valence-corrected chi connectivity index (χ2v) is 6.29. The highest BCUT2D eigenvalue weighted by Crippen LogP contribution is 2.34. The van der Waals surface area contributed by atoms with Crippen molar-refractivity contribution in [1.82, 2.24) is 19.7 Å². The first-order valence-electron chi connectivity index (χ1n) is 7.81. The van der Waals surface area contributed by atoms with Crippen LogP contribution in [0, 0.1) is 11.6 Å². The van der Waals surface area contributed by atoms with Gasteiger partial charge < -0.3 is 5.11 Å². The van der Waals surface area contributed by atoms with E-state index in [-0.39, 0.29) is 12.1 Å². The van der Waals surface area contributed by atoms with E-state index in [9.17, 15) is 13.9 Å². The van der Waals surface area contributed by atoms with E-state index in [4.69, 9.17) is 0 Å². The van der Waals surface area contributed by atoms with Gasteiger partial charge in [0.25, 0.3) is 0 Å². The molecule has 24 heavy (non-hydrogen) atoms. The number of nitrogens with zero attached hydrogens (tertiary/aromatic N) is 4. The SMILES string of the molecule is C=C1CCN([C@H](C)[C@](O)(Cn2cncn2)c2ccc(F)cc2F)C1. The minimum absolute atomic E-state index is 0.0136. The Kier molecular flexibility index (Phi) is 4.47. The van der Waals surface area contributed by atoms with E-state index in [2.05, 4.69) is 16.7 Å². The Hall–Kier alpha value is -2.12. The summed E-state index contributed by atoms with van der Waals surface area (Å²) < 4.78 is 29.2. The number of aromatic nitrogens is 3. The molecule has 3 rings (SSSR count). The molecule has 1 aromatic carbocycles. The summed E-state index contributed by atoms with van der Waals surface area (Å²) in [6.07, 6.45) is 3.65. The molecule has 0 spiro atoms. The van der Waals surface area contributed by atoms with E-state index in [0.29, 0.717) is 6.54 Å². The summed E-state index contributed by atoms with van der Waals surface area (Å²) in [5.41, 5.74) is -0.468. The van der Waals surface area contributed by atoms with Gasteiger partial charge in [0.2, 0.25) is 0 Å². The first-order chi connectivity index (χ1) is 11.4. The first-order valence-corrected chi connectivity index (χ1v) is 7.81. The van der Waals surface area contributed by atoms with Gasteiger partial charge in [-0.3, -0.25) is 4.90 Å². The Morgan fingerprint density at radius 1 is 1.42 bits per heavy atom. The van der Waals surface area contributed by atoms with Crippen molar-refractivity contribution in [2.75, 3.05) is 13.1 Å². The molecule has 1 N–H and O–H groups in total. The van der Waals surface area contributed by atoms with Gasteiger partial charge in [-0.1, -0.05) is 18.2 Å². The van der Waals surface area contributed by atoms with Crippen molar-refractivity contribution in [2.24, 2.45) is 0 Å². The molecular formula is C17H20F2N4O. The topological polar surface area (TPSA) is 54.2 Å². The van der Waals surface area contributed by atoms with Crippen LogP contribution in [0.1, 0.15) is 18.9 Å². The molecule has 0 bridgehead atoms. The van der Waals surface area contributed by atoms with E-state index < -0.39 is 23.3 Å². The maximum Gasteiger partial charge on any atom is 0.137 e. The lowest BCUT2D eigenvalue weighted by atomic mass is 9.85. The van der Waals surface area contributed by atoms with Gasteiger partial charge in [0.05, 0.1) is 6.54 Å². The van der Waals surface area contributed by atoms with Crippen molar-refractivity contribution in [2.45, 2.75) is 31.5 Å². The molecule has 1 aromatic heterocycles. The average Bonchev–Trinajstić information content (AvgIpc) is 3.17. The van der Waals surface area contributed by atoms with Gasteiger partial charge in [0.15, 0.2) is 0 Å². The predicted octanol–water partition coefficient (Wildman–Crippen LogP) is 2.09. The molecule has 1 aliphatic rings. The number of halogens is 2. The van der Waals surface area contributed by atoms with Crippen LogP contribution in [0.25, 0.3) is 0 Å². The van der Waals surface area contributed by atoms with E-state index in [0.717, 1.165) is 30.7 Å². The number of aliphatic hydroxyl groups is 1. The maximum atomic E-state index is 14.4. The summed E-state index contributed by atoms with van der Waals surface area (Å²) in [5, 5.41) is 15.4. The zero-order valence-electron chi connectivity index (χ0n) is 13.5. The van der Waals surface area contributed by atoms with Crippen LogP contribution in [0.4, 0.5) is 8.78 Å². The average molecular weight is 334 g/mol. The van der Waals surface area contributed by atoms with Crippen LogP contribution in [-0.2, 0) is 12.1 Å². The highest BCUT2D eigenvalue weighted by atomic mass is 19.1. The minimum Gasteiger partial charge on any atom is -0.381 e. The van der Waals surface area contributed by atoms with Crippen molar-refractivity contribution >= 4 is 0 Å². The van der Waals surface area contributed by atoms with Crippen LogP contribution in [0.5, 0.6) is 0 Å². The van der Waals surface area contributed by atoms with E-state index in [1.165, 1.54) is 23.4 Å². The van der Waals surface area contributed by atoms with Gasteiger partial charge in [-0.2, -0.15) is 5.10 Å². The van der Waals surface area contributed by atoms with Crippen molar-refractivity contribution in [1.29, 1.82) is 0 Å². The minimum atomic E-state index is -1.59. The van der Waals surface area contributed by atoms with Crippen molar-refractivity contribution in [3.8, 4) is 0 Å². The third kappa shape index (κ3) is 3.09. The van der Waals surface area contributed by atoms with E-state index in [1.54, 1.807) is 0 Å². The first kappa shape index (κ1) is 16.7. The normalized spacial score (nSPS) is 19.4. The van der Waals surface area contributed by atoms with Crippen molar-refractivity contribution < 1.29 is 13.9 Å². The fourth-order valence-corrected chi connectivity index (χ4v) is 3.22. The molecule has 0 radical (unpaired) electrons. The van der Waals surface area contributed by atoms with Gasteiger partial charge in [0.1, 0.15) is 29.9 Å². The fourth-order valence-electron chi connectivity index (χ4n) is 3.22. The smallest absolute Gasteiger partial charge is 0.137 e. The van der Waals surface area contributed by atoms with Crippen LogP contribution >= 0.6 is 0 Å². The molecule has 7 heteroatoms. The predicted molar refractivity (Wildman–Crippen MR) is 85.1 cm³/mol. The highest BCUT2D eigenvalue weighted by molar-refractivity contribution is 5.27. The lowest BCUT2D eigenvalue weighted by molar-refractivity contribution is -0.0571. The summed E-state index contributed by atoms with van der Waals surface area (Å²) >= 11 is 0. The molecule has 0 aliphatic carbocycles. The zero-order chi connectivity index (χ0) is 17.3. The molecular weight excluding hydrogens is 314 g/mol. The lowest BCUT2D eigenvalue weighted by Crippen LogP contribution is -2.51. The number of likely N-dealkylation sites (tertiary alicyclic amines) is 1. The second-order valence-electron chi connectivity index (χ2n) is 6.29. The summed E-state index contributed by atoms with van der Waals surface area (Å²) in [6, 6.07) is 2.82. The lowest BCUT2D eigenvalue weighted by Gasteiger charge is -2.39. The molecule has 1 saturated heterocycles. The number of hydrogen-bond donors (Lipinski definition) is 1. The van der Waals surface area contributed by atoms with Gasteiger partial charge >= 0.3 is 0 Å². The Labute approximate surface area is 139 Å². The molecule has 2 heterocycles. The quantitative estimate of drug-likeness (QED) is 0.851. The number of rotatable bonds is 5. The van der Waals surface area contributed by atoms with Crippen molar-refractivity contribution in [3.05, 3.63) is 60.2 Å². The van der Waals surface area contributed by atoms with Crippen LogP contribution in [0.2, 0.25) is 0 Å². The molecule has 2 aromatic rings. The Morgan fingerprint density at radius 3 is 2.79 bits per heavy atom. The third-order valence-electron chi connectivity index (χ3n) is 4.69. The Morgan fingerprint density at radius 2 is 2.21 bits per heavy atom. The molecule has 0 unspecified atom stereocenters. The largest absolute Gasteiger partial charge is 0.381 e. The highest BCUT2D eigenvalue weighted by Gasteiger charge is 2.42. The Bertz CT molecular complexity index is 734. The number of benzene rings is 1. The van der Waals surface area contributed by atoms with Crippen LogP contribution < -0.4 is 0 Å². The van der Waals surface area contributed by atoms with Crippen LogP contribution in [0.15, 0.2) is 43.0 Å². The molecule has 0 amide bonds. The van der Waals surface area contributed by atoms with E-state index in [1.807, 2.05) is 11.8 Å². The molecule has 0 saturated carbocycles. The maximum absolute atomic E-state index is 14.4. The summed E-state index contributed by atoms with van der Waals surface area (Å²) in [7, 11) is 0. The third-order valence-corrected chi connectivity index (χ3v) is 4.69. The summed E-state index contributed by atoms with van der Waals surface area (Å²) in [4.78, 5) is 5.91. The molecule has 5 nitrogen and oxygen atoms in total. The summed E-state index contributed by atoms with van der Waals surface area (Å²) in [6.45, 7) is 7.20. The zero-order valence-corrected chi connectivity index (χ0v) is 13.5. The summed E-state index contributed by atoms with van der Waals surface area (Å²) in [5.74, 6) is -1.45.